The molecule has 0 atom stereocenters. The summed E-state index contributed by atoms with van der Waals surface area (Å²) >= 11 is 0. The Morgan fingerprint density at radius 1 is 1.16 bits per heavy atom. The molecule has 0 bridgehead atoms. The summed E-state index contributed by atoms with van der Waals surface area (Å²) in [6.45, 7) is 0.314. The first kappa shape index (κ1) is 21.5. The van der Waals surface area contributed by atoms with Crippen LogP contribution in [0.2, 0.25) is 0 Å². The molecular formula is C21H18F4N6O. The highest BCUT2D eigenvalue weighted by Gasteiger charge is 2.25. The van der Waals surface area contributed by atoms with Crippen molar-refractivity contribution in [3.05, 3.63) is 47.8 Å². The highest BCUT2D eigenvalue weighted by molar-refractivity contribution is 5.80. The van der Waals surface area contributed by atoms with Crippen LogP contribution < -0.4 is 15.0 Å². The van der Waals surface area contributed by atoms with Crippen LogP contribution in [0, 0.1) is 23.0 Å². The summed E-state index contributed by atoms with van der Waals surface area (Å²) in [6, 6.07) is 6.50. The Bertz CT molecular complexity index is 1160. The maximum atomic E-state index is 13.9. The molecule has 3 aromatic rings. The standard InChI is InChI=1S/C21H18F4N6O/c22-12-1-2-18(15(23)7-12)32-14-3-5-31(6-4-14)21-20(28-11-19(24)25)29-16-8-13(9-26)27-10-17(16)30-21/h1-2,7-8,10,14,19H,3-6,11H2,(H,28,29). The van der Waals surface area contributed by atoms with Crippen molar-refractivity contribution < 1.29 is 22.3 Å². The summed E-state index contributed by atoms with van der Waals surface area (Å²) in [5.41, 5.74) is 0.931. The van der Waals surface area contributed by atoms with Crippen LogP contribution in [0.4, 0.5) is 29.2 Å². The second kappa shape index (κ2) is 9.21. The number of hydrogen-bond acceptors (Lipinski definition) is 7. The van der Waals surface area contributed by atoms with Gasteiger partial charge in [-0.3, -0.25) is 0 Å². The first-order valence-corrected chi connectivity index (χ1v) is 9.89. The third kappa shape index (κ3) is 4.80. The van der Waals surface area contributed by atoms with Crippen molar-refractivity contribution in [3.63, 3.8) is 0 Å². The number of pyridine rings is 1. The van der Waals surface area contributed by atoms with Gasteiger partial charge in [0.25, 0.3) is 6.43 Å². The van der Waals surface area contributed by atoms with Crippen LogP contribution in [0.15, 0.2) is 30.5 Å². The molecule has 0 aliphatic carbocycles. The van der Waals surface area contributed by atoms with Gasteiger partial charge < -0.3 is 15.0 Å². The Morgan fingerprint density at radius 2 is 1.94 bits per heavy atom. The van der Waals surface area contributed by atoms with Crippen molar-refractivity contribution in [3.8, 4) is 11.8 Å². The zero-order valence-electron chi connectivity index (χ0n) is 16.7. The number of nitrogens with zero attached hydrogens (tertiary/aromatic N) is 5. The number of hydrogen-bond donors (Lipinski definition) is 1. The molecule has 0 spiro atoms. The molecule has 11 heteroatoms. The van der Waals surface area contributed by atoms with Crippen molar-refractivity contribution in [1.82, 2.24) is 15.0 Å². The molecule has 32 heavy (non-hydrogen) atoms. The van der Waals surface area contributed by atoms with Gasteiger partial charge in [0.05, 0.1) is 18.3 Å². The molecular weight excluding hydrogens is 428 g/mol. The lowest BCUT2D eigenvalue weighted by atomic mass is 10.1. The molecule has 0 amide bonds. The predicted molar refractivity (Wildman–Crippen MR) is 109 cm³/mol. The summed E-state index contributed by atoms with van der Waals surface area (Å²) in [7, 11) is 0. The minimum absolute atomic E-state index is 0.0194. The molecule has 0 radical (unpaired) electrons. The lowest BCUT2D eigenvalue weighted by molar-refractivity contribution is 0.162. The number of piperidine rings is 1. The fourth-order valence-corrected chi connectivity index (χ4v) is 3.46. The molecule has 7 nitrogen and oxygen atoms in total. The average molecular weight is 446 g/mol. The lowest BCUT2D eigenvalue weighted by Crippen LogP contribution is -2.39. The van der Waals surface area contributed by atoms with E-state index in [1.807, 2.05) is 11.0 Å². The zero-order chi connectivity index (χ0) is 22.7. The second-order valence-corrected chi connectivity index (χ2v) is 7.22. The van der Waals surface area contributed by atoms with Crippen LogP contribution in [-0.4, -0.2) is 47.1 Å². The van der Waals surface area contributed by atoms with Gasteiger partial charge in [0.15, 0.2) is 23.2 Å². The number of benzene rings is 1. The lowest BCUT2D eigenvalue weighted by Gasteiger charge is -2.33. The van der Waals surface area contributed by atoms with E-state index in [9.17, 15) is 17.6 Å². The van der Waals surface area contributed by atoms with Gasteiger partial charge in [0.2, 0.25) is 0 Å². The van der Waals surface area contributed by atoms with E-state index in [2.05, 4.69) is 20.3 Å². The molecule has 1 aromatic carbocycles. The molecule has 1 fully saturated rings. The Labute approximate surface area is 180 Å². The van der Waals surface area contributed by atoms with Gasteiger partial charge in [-0.1, -0.05) is 0 Å². The number of ether oxygens (including phenoxy) is 1. The quantitative estimate of drug-likeness (QED) is 0.575. The van der Waals surface area contributed by atoms with Crippen LogP contribution >= 0.6 is 0 Å². The monoisotopic (exact) mass is 446 g/mol. The molecule has 166 valence electrons. The van der Waals surface area contributed by atoms with E-state index in [4.69, 9.17) is 10.00 Å². The molecule has 0 unspecified atom stereocenters. The van der Waals surface area contributed by atoms with Crippen LogP contribution in [-0.2, 0) is 0 Å². The second-order valence-electron chi connectivity index (χ2n) is 7.22. The molecule has 2 aromatic heterocycles. The Balaban J connectivity index is 1.53. The summed E-state index contributed by atoms with van der Waals surface area (Å²) < 4.78 is 58.2. The average Bonchev–Trinajstić information content (AvgIpc) is 2.79. The van der Waals surface area contributed by atoms with E-state index in [1.165, 1.54) is 18.3 Å². The van der Waals surface area contributed by atoms with Crippen molar-refractivity contribution in [2.24, 2.45) is 0 Å². The van der Waals surface area contributed by atoms with Crippen LogP contribution in [0.1, 0.15) is 18.5 Å². The van der Waals surface area contributed by atoms with Gasteiger partial charge in [-0.2, -0.15) is 5.26 Å². The topological polar surface area (TPSA) is 87.0 Å². The van der Waals surface area contributed by atoms with Crippen molar-refractivity contribution in [2.45, 2.75) is 25.4 Å². The van der Waals surface area contributed by atoms with E-state index >= 15 is 0 Å². The SMILES string of the molecule is N#Cc1cc2nc(NCC(F)F)c(N3CCC(Oc4ccc(F)cc4F)CC3)nc2cn1. The van der Waals surface area contributed by atoms with Gasteiger partial charge in [-0.05, 0) is 12.1 Å². The van der Waals surface area contributed by atoms with Crippen LogP contribution in [0.3, 0.4) is 0 Å². The molecule has 3 heterocycles. The first-order valence-electron chi connectivity index (χ1n) is 9.89. The van der Waals surface area contributed by atoms with E-state index in [0.717, 1.165) is 12.1 Å². The van der Waals surface area contributed by atoms with Crippen molar-refractivity contribution in [1.29, 1.82) is 5.26 Å². The highest BCUT2D eigenvalue weighted by Crippen LogP contribution is 2.29. The molecule has 0 saturated carbocycles. The van der Waals surface area contributed by atoms with Gasteiger partial charge in [0.1, 0.15) is 29.2 Å². The molecule has 1 aliphatic rings. The van der Waals surface area contributed by atoms with Crippen LogP contribution in [0.25, 0.3) is 11.0 Å². The molecule has 4 rings (SSSR count). The number of aromatic nitrogens is 3. The third-order valence-electron chi connectivity index (χ3n) is 5.00. The number of alkyl halides is 2. The number of nitrogens with one attached hydrogen (secondary N) is 1. The van der Waals surface area contributed by atoms with Gasteiger partial charge in [0, 0.05) is 38.1 Å². The number of nitriles is 1. The summed E-state index contributed by atoms with van der Waals surface area (Å²) in [6.07, 6.45) is -0.449. The summed E-state index contributed by atoms with van der Waals surface area (Å²) in [4.78, 5) is 14.8. The molecule has 1 saturated heterocycles. The van der Waals surface area contributed by atoms with E-state index in [1.54, 1.807) is 0 Å². The van der Waals surface area contributed by atoms with Crippen molar-refractivity contribution >= 4 is 22.7 Å². The fourth-order valence-electron chi connectivity index (χ4n) is 3.46. The summed E-state index contributed by atoms with van der Waals surface area (Å²) in [5.74, 6) is -0.905. The maximum absolute atomic E-state index is 13.9. The number of anilines is 2. The van der Waals surface area contributed by atoms with Crippen LogP contribution in [0.5, 0.6) is 5.75 Å². The molecule has 1 aliphatic heterocycles. The minimum Gasteiger partial charge on any atom is -0.487 e. The Morgan fingerprint density at radius 3 is 2.62 bits per heavy atom. The Hall–Kier alpha value is -3.68. The van der Waals surface area contributed by atoms with Crippen molar-refractivity contribution in [2.75, 3.05) is 29.9 Å². The highest BCUT2D eigenvalue weighted by atomic mass is 19.3. The largest absolute Gasteiger partial charge is 0.487 e. The predicted octanol–water partition coefficient (Wildman–Crippen LogP) is 3.90. The summed E-state index contributed by atoms with van der Waals surface area (Å²) in [5, 5.41) is 11.6. The number of fused-ring (bicyclic) bond motifs is 1. The first-order chi connectivity index (χ1) is 15.4. The maximum Gasteiger partial charge on any atom is 0.255 e. The van der Waals surface area contributed by atoms with Gasteiger partial charge in [-0.25, -0.2) is 32.5 Å². The zero-order valence-corrected chi connectivity index (χ0v) is 16.7. The van der Waals surface area contributed by atoms with Gasteiger partial charge in [-0.15, -0.1) is 0 Å². The normalized spacial score (nSPS) is 14.6. The Kier molecular flexibility index (Phi) is 6.20. The van der Waals surface area contributed by atoms with E-state index in [-0.39, 0.29) is 23.4 Å². The number of rotatable bonds is 6. The van der Waals surface area contributed by atoms with Gasteiger partial charge >= 0.3 is 0 Å². The van der Waals surface area contributed by atoms with E-state index in [0.29, 0.717) is 42.8 Å². The molecule has 1 N–H and O–H groups in total. The third-order valence-corrected chi connectivity index (χ3v) is 5.00. The smallest absolute Gasteiger partial charge is 0.255 e. The fraction of sp³-hybridized carbons (Fsp3) is 0.333. The minimum atomic E-state index is -2.59. The van der Waals surface area contributed by atoms with E-state index < -0.39 is 24.6 Å². The number of halogens is 4.